The fourth-order valence-electron chi connectivity index (χ4n) is 1.94. The van der Waals surface area contributed by atoms with Crippen molar-refractivity contribution in [2.24, 2.45) is 0 Å². The number of halogens is 7. The number of hydrogen-bond donors (Lipinski definition) is 1. The second-order valence-electron chi connectivity index (χ2n) is 5.48. The van der Waals surface area contributed by atoms with Crippen LogP contribution in [0.15, 0.2) is 40.9 Å². The minimum Gasteiger partial charge on any atom is -0.465 e. The first-order valence-corrected chi connectivity index (χ1v) is 8.83. The van der Waals surface area contributed by atoms with E-state index >= 15 is 0 Å². The Hall–Kier alpha value is -3.16. The molecule has 0 bridgehead atoms. The molecule has 0 saturated carbocycles. The highest BCUT2D eigenvalue weighted by molar-refractivity contribution is 9.10. The number of rotatable bonds is 4. The predicted octanol–water partition coefficient (Wildman–Crippen LogP) is 5.09. The summed E-state index contributed by atoms with van der Waals surface area (Å²) in [4.78, 5) is 22.1. The van der Waals surface area contributed by atoms with E-state index < -0.39 is 36.2 Å². The van der Waals surface area contributed by atoms with Crippen molar-refractivity contribution in [2.75, 3.05) is 20.0 Å². The molecule has 2 aromatic carbocycles. The second kappa shape index (κ2) is 10.9. The smallest absolute Gasteiger partial charge is 0.465 e. The Bertz CT molecular complexity index is 886. The average Bonchev–Trinajstić information content (AvgIpc) is 2.68. The van der Waals surface area contributed by atoms with Crippen molar-refractivity contribution < 1.29 is 54.9 Å². The number of nitrogens with two attached hydrogens (primary N) is 1. The van der Waals surface area contributed by atoms with Gasteiger partial charge < -0.3 is 24.7 Å². The van der Waals surface area contributed by atoms with Crippen molar-refractivity contribution >= 4 is 33.6 Å². The average molecular weight is 534 g/mol. The second-order valence-corrected chi connectivity index (χ2v) is 6.33. The van der Waals surface area contributed by atoms with Crippen molar-refractivity contribution in [3.8, 4) is 11.5 Å². The molecular formula is C18H14BrF6NO6. The maximum atomic E-state index is 12.0. The molecule has 176 valence electrons. The summed E-state index contributed by atoms with van der Waals surface area (Å²) in [6.45, 7) is 0. The van der Waals surface area contributed by atoms with Crippen LogP contribution in [0.1, 0.15) is 20.7 Å². The monoisotopic (exact) mass is 533 g/mol. The minimum absolute atomic E-state index is 0.0232. The fourth-order valence-corrected chi connectivity index (χ4v) is 2.27. The van der Waals surface area contributed by atoms with Crippen molar-refractivity contribution in [2.45, 2.75) is 12.7 Å². The Labute approximate surface area is 185 Å². The zero-order chi connectivity index (χ0) is 24.7. The molecule has 0 unspecified atom stereocenters. The molecule has 0 atom stereocenters. The molecule has 2 aromatic rings. The van der Waals surface area contributed by atoms with Crippen LogP contribution in [0.25, 0.3) is 0 Å². The molecular weight excluding hydrogens is 520 g/mol. The summed E-state index contributed by atoms with van der Waals surface area (Å²) in [5.41, 5.74) is 4.95. The molecule has 2 N–H and O–H groups in total. The van der Waals surface area contributed by atoms with Crippen LogP contribution in [0.4, 0.5) is 32.0 Å². The van der Waals surface area contributed by atoms with Crippen LogP contribution in [0.2, 0.25) is 0 Å². The lowest BCUT2D eigenvalue weighted by Crippen LogP contribution is -2.18. The number of hydrogen-bond acceptors (Lipinski definition) is 7. The Morgan fingerprint density at radius 1 is 0.781 bits per heavy atom. The SMILES string of the molecule is COC(=O)c1ccc(Br)c(OC(F)(F)F)c1.COC(=O)c1ccc(N)c(OC(F)(F)F)c1. The highest BCUT2D eigenvalue weighted by Gasteiger charge is 2.33. The van der Waals surface area contributed by atoms with Gasteiger partial charge in [-0.3, -0.25) is 0 Å². The molecule has 0 aliphatic heterocycles. The third-order valence-corrected chi connectivity index (χ3v) is 3.89. The van der Waals surface area contributed by atoms with E-state index in [1.54, 1.807) is 0 Å². The van der Waals surface area contributed by atoms with E-state index in [0.29, 0.717) is 0 Å². The van der Waals surface area contributed by atoms with Gasteiger partial charge in [-0.2, -0.15) is 0 Å². The normalized spacial score (nSPS) is 11.0. The Balaban J connectivity index is 0.000000320. The Kier molecular flexibility index (Phi) is 9.18. The highest BCUT2D eigenvalue weighted by Crippen LogP contribution is 2.31. The van der Waals surface area contributed by atoms with Gasteiger partial charge in [0.1, 0.15) is 5.75 Å². The number of carbonyl (C=O) groups excluding carboxylic acids is 2. The summed E-state index contributed by atoms with van der Waals surface area (Å²) in [5, 5.41) is 0. The van der Waals surface area contributed by atoms with Gasteiger partial charge in [0.15, 0.2) is 5.75 Å². The molecule has 0 fully saturated rings. The van der Waals surface area contributed by atoms with Crippen LogP contribution in [0.3, 0.4) is 0 Å². The minimum atomic E-state index is -4.86. The molecule has 0 aromatic heterocycles. The summed E-state index contributed by atoms with van der Waals surface area (Å²) in [5.74, 6) is -2.63. The van der Waals surface area contributed by atoms with Crippen LogP contribution >= 0.6 is 15.9 Å². The van der Waals surface area contributed by atoms with Gasteiger partial charge in [-0.15, -0.1) is 26.3 Å². The Morgan fingerprint density at radius 2 is 1.19 bits per heavy atom. The number of nitrogen functional groups attached to an aromatic ring is 1. The predicted molar refractivity (Wildman–Crippen MR) is 101 cm³/mol. The molecule has 32 heavy (non-hydrogen) atoms. The van der Waals surface area contributed by atoms with E-state index in [-0.39, 0.29) is 21.3 Å². The number of esters is 2. The lowest BCUT2D eigenvalue weighted by atomic mass is 10.2. The number of carbonyl (C=O) groups is 2. The molecule has 0 aliphatic rings. The molecule has 0 saturated heterocycles. The van der Waals surface area contributed by atoms with E-state index in [1.807, 2.05) is 0 Å². The molecule has 0 radical (unpaired) electrons. The summed E-state index contributed by atoms with van der Waals surface area (Å²) < 4.78 is 87.9. The van der Waals surface area contributed by atoms with Crippen LogP contribution < -0.4 is 15.2 Å². The quantitative estimate of drug-likeness (QED) is 0.332. The topological polar surface area (TPSA) is 97.1 Å². The van der Waals surface area contributed by atoms with Crippen molar-refractivity contribution in [3.05, 3.63) is 52.0 Å². The van der Waals surface area contributed by atoms with E-state index in [0.717, 1.165) is 32.4 Å². The molecule has 7 nitrogen and oxygen atoms in total. The largest absolute Gasteiger partial charge is 0.573 e. The lowest BCUT2D eigenvalue weighted by molar-refractivity contribution is -0.275. The van der Waals surface area contributed by atoms with E-state index in [4.69, 9.17) is 5.73 Å². The number of alkyl halides is 6. The molecule has 14 heteroatoms. The van der Waals surface area contributed by atoms with Gasteiger partial charge in [-0.1, -0.05) is 0 Å². The third kappa shape index (κ3) is 8.91. The number of benzene rings is 2. The van der Waals surface area contributed by atoms with Gasteiger partial charge in [0.25, 0.3) is 0 Å². The van der Waals surface area contributed by atoms with Crippen molar-refractivity contribution in [1.82, 2.24) is 0 Å². The first-order chi connectivity index (χ1) is 14.7. The van der Waals surface area contributed by atoms with Gasteiger partial charge in [-0.05, 0) is 52.3 Å². The first-order valence-electron chi connectivity index (χ1n) is 8.04. The zero-order valence-corrected chi connectivity index (χ0v) is 17.7. The summed E-state index contributed by atoms with van der Waals surface area (Å²) in [6, 6.07) is 6.78. The van der Waals surface area contributed by atoms with Crippen molar-refractivity contribution in [1.29, 1.82) is 0 Å². The van der Waals surface area contributed by atoms with Crippen LogP contribution in [-0.4, -0.2) is 38.9 Å². The van der Waals surface area contributed by atoms with Gasteiger partial charge >= 0.3 is 24.7 Å². The summed E-state index contributed by atoms with van der Waals surface area (Å²) in [7, 11) is 2.25. The lowest BCUT2D eigenvalue weighted by Gasteiger charge is -2.11. The van der Waals surface area contributed by atoms with Crippen LogP contribution in [0, 0.1) is 0 Å². The van der Waals surface area contributed by atoms with E-state index in [1.165, 1.54) is 18.2 Å². The van der Waals surface area contributed by atoms with Gasteiger partial charge in [0, 0.05) is 0 Å². The van der Waals surface area contributed by atoms with E-state index in [2.05, 4.69) is 34.9 Å². The Morgan fingerprint density at radius 3 is 1.62 bits per heavy atom. The molecule has 0 amide bonds. The highest BCUT2D eigenvalue weighted by atomic mass is 79.9. The van der Waals surface area contributed by atoms with Gasteiger partial charge in [0.2, 0.25) is 0 Å². The van der Waals surface area contributed by atoms with Crippen LogP contribution in [-0.2, 0) is 9.47 Å². The van der Waals surface area contributed by atoms with Crippen molar-refractivity contribution in [3.63, 3.8) is 0 Å². The molecule has 0 spiro atoms. The first kappa shape index (κ1) is 26.9. The standard InChI is InChI=1S/C9H6BrF3O3.C9H8F3NO3/c1-15-8(14)5-2-3-6(10)7(4-5)16-9(11,12)13;1-15-8(14)5-2-3-6(13)7(4-5)16-9(10,11)12/h2-4H,1H3;2-4H,13H2,1H3. The van der Waals surface area contributed by atoms with Gasteiger partial charge in [0.05, 0.1) is 35.5 Å². The summed E-state index contributed by atoms with van der Waals surface area (Å²) >= 11 is 2.88. The number of anilines is 1. The molecule has 0 aliphatic carbocycles. The van der Waals surface area contributed by atoms with E-state index in [9.17, 15) is 35.9 Å². The number of methoxy groups -OCH3 is 2. The van der Waals surface area contributed by atoms with Crippen LogP contribution in [0.5, 0.6) is 11.5 Å². The number of ether oxygens (including phenoxy) is 4. The maximum absolute atomic E-state index is 12.0. The summed E-state index contributed by atoms with van der Waals surface area (Å²) in [6.07, 6.45) is -9.67. The van der Waals surface area contributed by atoms with Gasteiger partial charge in [-0.25, -0.2) is 9.59 Å². The molecule has 2 rings (SSSR count). The third-order valence-electron chi connectivity index (χ3n) is 3.24. The fraction of sp³-hybridized carbons (Fsp3) is 0.222. The molecule has 0 heterocycles. The zero-order valence-electron chi connectivity index (χ0n) is 16.1. The maximum Gasteiger partial charge on any atom is 0.573 e.